The minimum Gasteiger partial charge on any atom is -0.497 e. The Balaban J connectivity index is 1.91. The summed E-state index contributed by atoms with van der Waals surface area (Å²) in [6, 6.07) is 6.31. The Bertz CT molecular complexity index is 445. The van der Waals surface area contributed by atoms with Crippen molar-refractivity contribution in [1.29, 1.82) is 0 Å². The molecule has 1 aromatic rings. The fourth-order valence-corrected chi connectivity index (χ4v) is 2.42. The Morgan fingerprint density at radius 1 is 1.26 bits per heavy atom. The molecule has 4 heteroatoms. The Hall–Kier alpha value is -1.55. The van der Waals surface area contributed by atoms with Gasteiger partial charge in [0.2, 0.25) is 0 Å². The Morgan fingerprint density at radius 2 is 2.00 bits per heavy atom. The van der Waals surface area contributed by atoms with Gasteiger partial charge in [-0.25, -0.2) is 0 Å². The van der Waals surface area contributed by atoms with Gasteiger partial charge in [-0.1, -0.05) is 6.07 Å². The van der Waals surface area contributed by atoms with E-state index in [1.54, 1.807) is 7.11 Å². The molecule has 1 aliphatic rings. The molecule has 0 N–H and O–H groups in total. The van der Waals surface area contributed by atoms with Crippen LogP contribution < -0.4 is 4.74 Å². The summed E-state index contributed by atoms with van der Waals surface area (Å²) in [6.45, 7) is 4.76. The highest BCUT2D eigenvalue weighted by Gasteiger charge is 2.14. The number of nitrogens with zero attached hydrogens (tertiary/aromatic N) is 1. The highest BCUT2D eigenvalue weighted by atomic mass is 16.5. The van der Waals surface area contributed by atoms with E-state index in [2.05, 4.69) is 17.0 Å². The van der Waals surface area contributed by atoms with Crippen molar-refractivity contribution in [3.05, 3.63) is 29.3 Å². The van der Waals surface area contributed by atoms with Gasteiger partial charge in [0.15, 0.2) is 0 Å². The number of fused-ring (bicyclic) bond motifs is 1. The average molecular weight is 263 g/mol. The largest absolute Gasteiger partial charge is 0.497 e. The number of carbonyl (C=O) groups is 1. The highest BCUT2D eigenvalue weighted by Crippen LogP contribution is 2.21. The van der Waals surface area contributed by atoms with Crippen molar-refractivity contribution in [2.45, 2.75) is 19.8 Å². The molecule has 4 nitrogen and oxygen atoms in total. The third-order valence-electron chi connectivity index (χ3n) is 3.52. The van der Waals surface area contributed by atoms with Crippen LogP contribution in [0.4, 0.5) is 0 Å². The predicted octanol–water partition coefficient (Wildman–Crippen LogP) is 1.66. The van der Waals surface area contributed by atoms with Gasteiger partial charge in [-0.05, 0) is 36.1 Å². The van der Waals surface area contributed by atoms with E-state index in [0.29, 0.717) is 6.61 Å². The monoisotopic (exact) mass is 263 g/mol. The standard InChI is InChI=1S/C15H21NO3/c1-12(17)19-10-9-16-7-5-13-3-4-15(18-2)11-14(13)6-8-16/h3-4,11H,5-10H2,1-2H3. The maximum atomic E-state index is 10.7. The van der Waals surface area contributed by atoms with Gasteiger partial charge in [0.25, 0.3) is 0 Å². The van der Waals surface area contributed by atoms with Gasteiger partial charge >= 0.3 is 5.97 Å². The molecule has 0 aliphatic carbocycles. The summed E-state index contributed by atoms with van der Waals surface area (Å²) in [5.41, 5.74) is 2.77. The second-order valence-electron chi connectivity index (χ2n) is 4.82. The van der Waals surface area contributed by atoms with Gasteiger partial charge < -0.3 is 9.47 Å². The average Bonchev–Trinajstić information content (AvgIpc) is 2.60. The van der Waals surface area contributed by atoms with Crippen LogP contribution in [0.3, 0.4) is 0 Å². The fraction of sp³-hybridized carbons (Fsp3) is 0.533. The van der Waals surface area contributed by atoms with Crippen LogP contribution in [0.5, 0.6) is 5.75 Å². The quantitative estimate of drug-likeness (QED) is 0.774. The van der Waals surface area contributed by atoms with E-state index in [1.165, 1.54) is 18.1 Å². The summed E-state index contributed by atoms with van der Waals surface area (Å²) in [5.74, 6) is 0.718. The molecule has 0 fully saturated rings. The first-order chi connectivity index (χ1) is 9.19. The lowest BCUT2D eigenvalue weighted by molar-refractivity contribution is -0.141. The van der Waals surface area contributed by atoms with E-state index in [1.807, 2.05) is 6.07 Å². The van der Waals surface area contributed by atoms with Crippen molar-refractivity contribution in [2.75, 3.05) is 33.4 Å². The van der Waals surface area contributed by atoms with Gasteiger partial charge in [-0.3, -0.25) is 9.69 Å². The number of carbonyl (C=O) groups excluding carboxylic acids is 1. The van der Waals surface area contributed by atoms with Gasteiger partial charge in [0, 0.05) is 26.6 Å². The van der Waals surface area contributed by atoms with Crippen molar-refractivity contribution < 1.29 is 14.3 Å². The first-order valence-corrected chi connectivity index (χ1v) is 6.70. The number of rotatable bonds is 4. The van der Waals surface area contributed by atoms with Crippen LogP contribution in [-0.2, 0) is 22.4 Å². The van der Waals surface area contributed by atoms with E-state index in [4.69, 9.17) is 9.47 Å². The summed E-state index contributed by atoms with van der Waals surface area (Å²) in [4.78, 5) is 13.1. The van der Waals surface area contributed by atoms with Gasteiger partial charge in [0.05, 0.1) is 7.11 Å². The van der Waals surface area contributed by atoms with Gasteiger partial charge in [-0.2, -0.15) is 0 Å². The molecule has 1 aliphatic heterocycles. The SMILES string of the molecule is COc1ccc2c(c1)CCN(CCOC(C)=O)CC2. The molecule has 0 radical (unpaired) electrons. The Labute approximate surface area is 114 Å². The predicted molar refractivity (Wildman–Crippen MR) is 73.5 cm³/mol. The molecule has 2 rings (SSSR count). The second kappa shape index (κ2) is 6.57. The summed E-state index contributed by atoms with van der Waals surface area (Å²) < 4.78 is 10.3. The minimum absolute atomic E-state index is 0.206. The van der Waals surface area contributed by atoms with Crippen LogP contribution in [0.2, 0.25) is 0 Å². The van der Waals surface area contributed by atoms with Crippen molar-refractivity contribution in [2.24, 2.45) is 0 Å². The molecule has 0 unspecified atom stereocenters. The summed E-state index contributed by atoms with van der Waals surface area (Å²) in [6.07, 6.45) is 2.06. The van der Waals surface area contributed by atoms with E-state index in [-0.39, 0.29) is 5.97 Å². The minimum atomic E-state index is -0.206. The topological polar surface area (TPSA) is 38.8 Å². The van der Waals surface area contributed by atoms with Crippen molar-refractivity contribution in [3.63, 3.8) is 0 Å². The molecule has 0 atom stereocenters. The third-order valence-corrected chi connectivity index (χ3v) is 3.52. The van der Waals surface area contributed by atoms with Crippen LogP contribution in [0.1, 0.15) is 18.1 Å². The molecule has 0 saturated heterocycles. The van der Waals surface area contributed by atoms with Crippen LogP contribution in [0, 0.1) is 0 Å². The van der Waals surface area contributed by atoms with Crippen LogP contribution in [0.25, 0.3) is 0 Å². The summed E-state index contributed by atoms with van der Waals surface area (Å²) in [5, 5.41) is 0. The molecule has 0 bridgehead atoms. The number of hydrogen-bond acceptors (Lipinski definition) is 4. The number of methoxy groups -OCH3 is 1. The number of ether oxygens (including phenoxy) is 2. The normalized spacial score (nSPS) is 15.5. The van der Waals surface area contributed by atoms with Gasteiger partial charge in [-0.15, -0.1) is 0 Å². The van der Waals surface area contributed by atoms with Gasteiger partial charge in [0.1, 0.15) is 12.4 Å². The first kappa shape index (κ1) is 13.9. The lowest BCUT2D eigenvalue weighted by Crippen LogP contribution is -2.30. The smallest absolute Gasteiger partial charge is 0.302 e. The van der Waals surface area contributed by atoms with E-state index in [0.717, 1.165) is 38.2 Å². The first-order valence-electron chi connectivity index (χ1n) is 6.70. The van der Waals surface area contributed by atoms with E-state index < -0.39 is 0 Å². The van der Waals surface area contributed by atoms with Crippen LogP contribution >= 0.6 is 0 Å². The molecule has 19 heavy (non-hydrogen) atoms. The zero-order chi connectivity index (χ0) is 13.7. The molecular weight excluding hydrogens is 242 g/mol. The molecule has 0 amide bonds. The lowest BCUT2D eigenvalue weighted by Gasteiger charge is -2.18. The molecule has 0 saturated carbocycles. The molecule has 104 valence electrons. The van der Waals surface area contributed by atoms with Crippen molar-refractivity contribution in [3.8, 4) is 5.75 Å². The number of benzene rings is 1. The summed E-state index contributed by atoms with van der Waals surface area (Å²) in [7, 11) is 1.70. The molecule has 1 aromatic carbocycles. The maximum Gasteiger partial charge on any atom is 0.302 e. The third kappa shape index (κ3) is 3.96. The van der Waals surface area contributed by atoms with Crippen molar-refractivity contribution in [1.82, 2.24) is 4.90 Å². The molecule has 0 spiro atoms. The molecule has 1 heterocycles. The zero-order valence-corrected chi connectivity index (χ0v) is 11.6. The van der Waals surface area contributed by atoms with E-state index >= 15 is 0 Å². The number of hydrogen-bond donors (Lipinski definition) is 0. The van der Waals surface area contributed by atoms with Crippen LogP contribution in [0.15, 0.2) is 18.2 Å². The summed E-state index contributed by atoms with van der Waals surface area (Å²) >= 11 is 0. The van der Waals surface area contributed by atoms with Crippen molar-refractivity contribution >= 4 is 5.97 Å². The molecular formula is C15H21NO3. The Kier molecular flexibility index (Phi) is 4.80. The fourth-order valence-electron chi connectivity index (χ4n) is 2.42. The zero-order valence-electron chi connectivity index (χ0n) is 11.6. The number of esters is 1. The Morgan fingerprint density at radius 3 is 2.68 bits per heavy atom. The second-order valence-corrected chi connectivity index (χ2v) is 4.82. The van der Waals surface area contributed by atoms with E-state index in [9.17, 15) is 4.79 Å². The maximum absolute atomic E-state index is 10.7. The lowest BCUT2D eigenvalue weighted by atomic mass is 10.0. The molecule has 0 aromatic heterocycles. The van der Waals surface area contributed by atoms with Crippen LogP contribution in [-0.4, -0.2) is 44.2 Å². The highest BCUT2D eigenvalue weighted by molar-refractivity contribution is 5.65.